The van der Waals surface area contributed by atoms with Gasteiger partial charge in [-0.1, -0.05) is 12.1 Å². The molecule has 3 aliphatic rings. The van der Waals surface area contributed by atoms with Crippen LogP contribution in [0.4, 0.5) is 0 Å². The van der Waals surface area contributed by atoms with E-state index in [1.54, 1.807) is 6.08 Å². The molecule has 0 aliphatic carbocycles. The van der Waals surface area contributed by atoms with E-state index in [9.17, 15) is 9.59 Å². The fourth-order valence-corrected chi connectivity index (χ4v) is 4.40. The zero-order valence-electron chi connectivity index (χ0n) is 15.6. The minimum absolute atomic E-state index is 0.201. The van der Waals surface area contributed by atoms with E-state index in [0.29, 0.717) is 25.3 Å². The number of carbonyl (C=O) groups excluding carboxylic acids is 2. The first-order valence-corrected chi connectivity index (χ1v) is 9.72. The molecule has 0 spiro atoms. The van der Waals surface area contributed by atoms with Crippen molar-refractivity contribution in [3.8, 4) is 11.5 Å². The molecular weight excluding hydrogens is 344 g/mol. The average Bonchev–Trinajstić information content (AvgIpc) is 3.15. The lowest BCUT2D eigenvalue weighted by Gasteiger charge is -2.47. The number of fused-ring (bicyclic) bond motifs is 2. The van der Waals surface area contributed by atoms with Crippen LogP contribution < -0.4 is 9.47 Å². The van der Waals surface area contributed by atoms with Crippen molar-refractivity contribution in [2.24, 2.45) is 5.92 Å². The van der Waals surface area contributed by atoms with E-state index in [4.69, 9.17) is 9.47 Å². The molecular formula is C21H26N2O4. The highest BCUT2D eigenvalue weighted by Gasteiger charge is 2.40. The van der Waals surface area contributed by atoms with Crippen molar-refractivity contribution in [3.63, 3.8) is 0 Å². The molecule has 2 saturated heterocycles. The molecule has 6 heteroatoms. The Morgan fingerprint density at radius 1 is 1.26 bits per heavy atom. The molecule has 0 bridgehead atoms. The summed E-state index contributed by atoms with van der Waals surface area (Å²) in [6.45, 7) is 6.01. The Kier molecular flexibility index (Phi) is 5.05. The Morgan fingerprint density at radius 2 is 2.11 bits per heavy atom. The second-order valence-electron chi connectivity index (χ2n) is 7.53. The zero-order valence-corrected chi connectivity index (χ0v) is 15.6. The molecule has 0 saturated carbocycles. The molecule has 1 aromatic carbocycles. The number of hydrogen-bond donors (Lipinski definition) is 0. The van der Waals surface area contributed by atoms with Crippen LogP contribution >= 0.6 is 0 Å². The lowest BCUT2D eigenvalue weighted by molar-refractivity contribution is -0.145. The standard InChI is InChI=1S/C21H26N2O4/c1-2-3-4-20(24)22-10-9-17-16(13-22)6-8-21(25)23(17)12-15-5-7-18-19(11-15)27-14-26-18/h2,5,7,11,16-17H,1,3-4,6,8-10,12-14H2/t16-,17+/m1/s1. The van der Waals surface area contributed by atoms with Crippen LogP contribution in [0.2, 0.25) is 0 Å². The highest BCUT2D eigenvalue weighted by atomic mass is 16.7. The number of allylic oxidation sites excluding steroid dienone is 1. The molecule has 2 atom stereocenters. The number of carbonyl (C=O) groups is 2. The number of amides is 2. The van der Waals surface area contributed by atoms with Gasteiger partial charge in [-0.15, -0.1) is 6.58 Å². The van der Waals surface area contributed by atoms with Crippen LogP contribution in [0.3, 0.4) is 0 Å². The number of ether oxygens (including phenoxy) is 2. The topological polar surface area (TPSA) is 59.1 Å². The van der Waals surface area contributed by atoms with Crippen molar-refractivity contribution in [2.75, 3.05) is 19.9 Å². The van der Waals surface area contributed by atoms with Gasteiger partial charge in [0.2, 0.25) is 18.6 Å². The van der Waals surface area contributed by atoms with Gasteiger partial charge in [0.15, 0.2) is 11.5 Å². The third kappa shape index (κ3) is 3.66. The predicted molar refractivity (Wildman–Crippen MR) is 100 cm³/mol. The van der Waals surface area contributed by atoms with Crippen molar-refractivity contribution in [3.05, 3.63) is 36.4 Å². The van der Waals surface area contributed by atoms with E-state index < -0.39 is 0 Å². The summed E-state index contributed by atoms with van der Waals surface area (Å²) in [7, 11) is 0. The van der Waals surface area contributed by atoms with E-state index in [0.717, 1.165) is 49.4 Å². The van der Waals surface area contributed by atoms with Crippen molar-refractivity contribution >= 4 is 11.8 Å². The van der Waals surface area contributed by atoms with E-state index >= 15 is 0 Å². The summed E-state index contributed by atoms with van der Waals surface area (Å²) in [4.78, 5) is 29.0. The molecule has 0 N–H and O–H groups in total. The molecule has 0 radical (unpaired) electrons. The molecule has 1 aromatic rings. The number of benzene rings is 1. The molecule has 3 heterocycles. The van der Waals surface area contributed by atoms with Gasteiger partial charge in [0.1, 0.15) is 0 Å². The van der Waals surface area contributed by atoms with Crippen LogP contribution in [-0.2, 0) is 16.1 Å². The van der Waals surface area contributed by atoms with Gasteiger partial charge in [0.25, 0.3) is 0 Å². The minimum atomic E-state index is 0.201. The van der Waals surface area contributed by atoms with Crippen LogP contribution in [0.5, 0.6) is 11.5 Å². The monoisotopic (exact) mass is 370 g/mol. The minimum Gasteiger partial charge on any atom is -0.454 e. The molecule has 2 amide bonds. The Labute approximate surface area is 159 Å². The highest BCUT2D eigenvalue weighted by Crippen LogP contribution is 2.36. The number of nitrogens with zero attached hydrogens (tertiary/aromatic N) is 2. The summed E-state index contributed by atoms with van der Waals surface area (Å²) < 4.78 is 10.8. The Hall–Kier alpha value is -2.50. The average molecular weight is 370 g/mol. The Balaban J connectivity index is 1.44. The fourth-order valence-electron chi connectivity index (χ4n) is 4.40. The van der Waals surface area contributed by atoms with Gasteiger partial charge in [-0.25, -0.2) is 0 Å². The largest absolute Gasteiger partial charge is 0.454 e. The first-order chi connectivity index (χ1) is 13.2. The third-order valence-electron chi connectivity index (χ3n) is 5.85. The molecule has 4 rings (SSSR count). The number of likely N-dealkylation sites (tertiary alicyclic amines) is 2. The first-order valence-electron chi connectivity index (χ1n) is 9.72. The van der Waals surface area contributed by atoms with Crippen molar-refractivity contribution < 1.29 is 19.1 Å². The molecule has 3 aliphatic heterocycles. The van der Waals surface area contributed by atoms with E-state index in [1.807, 2.05) is 28.0 Å². The predicted octanol–water partition coefficient (Wildman–Crippen LogP) is 2.72. The maximum absolute atomic E-state index is 12.6. The number of hydrogen-bond acceptors (Lipinski definition) is 4. The Morgan fingerprint density at radius 3 is 2.96 bits per heavy atom. The van der Waals surface area contributed by atoms with Crippen LogP contribution in [-0.4, -0.2) is 47.5 Å². The van der Waals surface area contributed by atoms with Crippen LogP contribution in [0, 0.1) is 5.92 Å². The summed E-state index contributed by atoms with van der Waals surface area (Å²) >= 11 is 0. The van der Waals surface area contributed by atoms with Gasteiger partial charge in [-0.2, -0.15) is 0 Å². The molecule has 2 fully saturated rings. The lowest BCUT2D eigenvalue weighted by Crippen LogP contribution is -2.56. The fraction of sp³-hybridized carbons (Fsp3) is 0.524. The molecule has 0 aromatic heterocycles. The summed E-state index contributed by atoms with van der Waals surface area (Å²) in [5.74, 6) is 2.27. The van der Waals surface area contributed by atoms with Crippen LogP contribution in [0.25, 0.3) is 0 Å². The zero-order chi connectivity index (χ0) is 18.8. The van der Waals surface area contributed by atoms with Gasteiger partial charge in [-0.3, -0.25) is 9.59 Å². The van der Waals surface area contributed by atoms with E-state index in [-0.39, 0.29) is 24.6 Å². The van der Waals surface area contributed by atoms with Gasteiger partial charge >= 0.3 is 0 Å². The SMILES string of the molecule is C=CCCC(=O)N1CC[C@H]2[C@H](CCC(=O)N2Cc2ccc3c(c2)OCO3)C1. The quantitative estimate of drug-likeness (QED) is 0.748. The molecule has 144 valence electrons. The number of piperidine rings is 2. The summed E-state index contributed by atoms with van der Waals surface area (Å²) in [5, 5.41) is 0. The maximum atomic E-state index is 12.6. The second kappa shape index (κ2) is 7.62. The number of rotatable bonds is 5. The normalized spacial score (nSPS) is 23.9. The van der Waals surface area contributed by atoms with Crippen molar-refractivity contribution in [1.29, 1.82) is 0 Å². The lowest BCUT2D eigenvalue weighted by atomic mass is 9.83. The van der Waals surface area contributed by atoms with E-state index in [2.05, 4.69) is 6.58 Å². The Bertz CT molecular complexity index is 748. The molecule has 0 unspecified atom stereocenters. The van der Waals surface area contributed by atoms with Crippen molar-refractivity contribution in [1.82, 2.24) is 9.80 Å². The van der Waals surface area contributed by atoms with Crippen LogP contribution in [0.15, 0.2) is 30.9 Å². The first kappa shape index (κ1) is 17.9. The second-order valence-corrected chi connectivity index (χ2v) is 7.53. The van der Waals surface area contributed by atoms with Crippen molar-refractivity contribution in [2.45, 2.75) is 44.7 Å². The third-order valence-corrected chi connectivity index (χ3v) is 5.85. The van der Waals surface area contributed by atoms with Gasteiger partial charge in [-0.05, 0) is 42.9 Å². The molecule has 6 nitrogen and oxygen atoms in total. The van der Waals surface area contributed by atoms with E-state index in [1.165, 1.54) is 0 Å². The van der Waals surface area contributed by atoms with Gasteiger partial charge in [0, 0.05) is 38.5 Å². The highest BCUT2D eigenvalue weighted by molar-refractivity contribution is 5.78. The van der Waals surface area contributed by atoms with Gasteiger partial charge in [0.05, 0.1) is 0 Å². The smallest absolute Gasteiger partial charge is 0.231 e. The molecule has 27 heavy (non-hydrogen) atoms. The summed E-state index contributed by atoms with van der Waals surface area (Å²) in [5.41, 5.74) is 1.05. The summed E-state index contributed by atoms with van der Waals surface area (Å²) in [6.07, 6.45) is 5.31. The maximum Gasteiger partial charge on any atom is 0.231 e. The van der Waals surface area contributed by atoms with Gasteiger partial charge < -0.3 is 19.3 Å². The van der Waals surface area contributed by atoms with Crippen LogP contribution in [0.1, 0.15) is 37.7 Å². The summed E-state index contributed by atoms with van der Waals surface area (Å²) in [6, 6.07) is 6.08.